The third kappa shape index (κ3) is 3.45. The summed E-state index contributed by atoms with van der Waals surface area (Å²) in [5.74, 6) is 0.593. The number of hydrogen-bond acceptors (Lipinski definition) is 7. The Morgan fingerprint density at radius 2 is 1.90 bits per heavy atom. The summed E-state index contributed by atoms with van der Waals surface area (Å²) in [5.41, 5.74) is 1.69. The Kier molecular flexibility index (Phi) is 4.99. The molecular weight excluding hydrogens is 417 g/mol. The Morgan fingerprint density at radius 1 is 1.14 bits per heavy atom. The SMILES string of the molecule is COc1ccc(C(=O)Nc2c(Cl)cncc2Cl)c2ccc(-c3nnnn3C)nc12. The third-order valence-corrected chi connectivity index (χ3v) is 4.80. The van der Waals surface area contributed by atoms with Crippen molar-refractivity contribution in [1.29, 1.82) is 0 Å². The lowest BCUT2D eigenvalue weighted by Gasteiger charge is -2.12. The highest BCUT2D eigenvalue weighted by molar-refractivity contribution is 6.39. The van der Waals surface area contributed by atoms with Gasteiger partial charge in [-0.05, 0) is 34.7 Å². The van der Waals surface area contributed by atoms with E-state index in [0.717, 1.165) is 0 Å². The molecule has 1 aromatic carbocycles. The Labute approximate surface area is 174 Å². The highest BCUT2D eigenvalue weighted by atomic mass is 35.5. The number of nitrogens with zero attached hydrogens (tertiary/aromatic N) is 6. The van der Waals surface area contributed by atoms with Gasteiger partial charge in [0.05, 0.1) is 22.8 Å². The van der Waals surface area contributed by atoms with Crippen LogP contribution in [0, 0.1) is 0 Å². The zero-order valence-corrected chi connectivity index (χ0v) is 16.7. The molecule has 29 heavy (non-hydrogen) atoms. The summed E-state index contributed by atoms with van der Waals surface area (Å²) in [6, 6.07) is 6.81. The van der Waals surface area contributed by atoms with Crippen molar-refractivity contribution in [3.8, 4) is 17.3 Å². The van der Waals surface area contributed by atoms with Crippen LogP contribution >= 0.6 is 23.2 Å². The molecule has 0 atom stereocenters. The van der Waals surface area contributed by atoms with E-state index in [0.29, 0.717) is 33.7 Å². The highest BCUT2D eigenvalue weighted by Crippen LogP contribution is 2.32. The Hall–Kier alpha value is -3.30. The van der Waals surface area contributed by atoms with E-state index in [-0.39, 0.29) is 15.7 Å². The lowest BCUT2D eigenvalue weighted by atomic mass is 10.1. The van der Waals surface area contributed by atoms with E-state index >= 15 is 0 Å². The Bertz CT molecular complexity index is 1220. The number of rotatable bonds is 4. The number of ether oxygens (including phenoxy) is 1. The average molecular weight is 430 g/mol. The number of benzene rings is 1. The van der Waals surface area contributed by atoms with Gasteiger partial charge < -0.3 is 10.1 Å². The van der Waals surface area contributed by atoms with Gasteiger partial charge >= 0.3 is 0 Å². The van der Waals surface area contributed by atoms with Crippen molar-refractivity contribution < 1.29 is 9.53 Å². The topological polar surface area (TPSA) is 108 Å². The molecule has 1 N–H and O–H groups in total. The molecule has 0 fully saturated rings. The van der Waals surface area contributed by atoms with Gasteiger partial charge in [-0.15, -0.1) is 5.10 Å². The van der Waals surface area contributed by atoms with Crippen molar-refractivity contribution in [1.82, 2.24) is 30.2 Å². The van der Waals surface area contributed by atoms with Crippen molar-refractivity contribution in [2.75, 3.05) is 12.4 Å². The molecule has 9 nitrogen and oxygen atoms in total. The predicted octanol–water partition coefficient (Wildman–Crippen LogP) is 3.39. The van der Waals surface area contributed by atoms with E-state index in [1.54, 1.807) is 31.3 Å². The van der Waals surface area contributed by atoms with Crippen LogP contribution in [0.4, 0.5) is 5.69 Å². The van der Waals surface area contributed by atoms with Crippen LogP contribution in [0.3, 0.4) is 0 Å². The molecule has 0 radical (unpaired) electrons. The first kappa shape index (κ1) is 19.0. The lowest BCUT2D eigenvalue weighted by molar-refractivity contribution is 0.102. The van der Waals surface area contributed by atoms with Gasteiger partial charge in [-0.3, -0.25) is 9.78 Å². The fourth-order valence-electron chi connectivity index (χ4n) is 2.84. The lowest BCUT2D eigenvalue weighted by Crippen LogP contribution is -2.13. The van der Waals surface area contributed by atoms with E-state index in [1.807, 2.05) is 0 Å². The number of carbonyl (C=O) groups excluding carboxylic acids is 1. The summed E-state index contributed by atoms with van der Waals surface area (Å²) >= 11 is 12.2. The summed E-state index contributed by atoms with van der Waals surface area (Å²) in [5, 5.41) is 15.2. The first-order valence-electron chi connectivity index (χ1n) is 8.30. The summed E-state index contributed by atoms with van der Waals surface area (Å²) in [6.45, 7) is 0. The molecule has 0 aliphatic rings. The molecule has 11 heteroatoms. The summed E-state index contributed by atoms with van der Waals surface area (Å²) in [4.78, 5) is 21.4. The standard InChI is InChI=1S/C18H13Cl2N7O2/c1-27-17(24-25-26-27)13-5-3-9-10(4-6-14(29-2)15(9)22-13)18(28)23-16-11(19)7-21-8-12(16)20/h3-8H,1-2H3,(H,21,23,28). The van der Waals surface area contributed by atoms with Crippen LogP contribution in [0.2, 0.25) is 10.0 Å². The van der Waals surface area contributed by atoms with Gasteiger partial charge in [0, 0.05) is 30.4 Å². The number of nitrogens with one attached hydrogen (secondary N) is 1. The third-order valence-electron chi connectivity index (χ3n) is 4.23. The zero-order valence-electron chi connectivity index (χ0n) is 15.2. The number of amides is 1. The van der Waals surface area contributed by atoms with Crippen LogP contribution in [0.25, 0.3) is 22.4 Å². The molecule has 1 amide bonds. The van der Waals surface area contributed by atoms with E-state index in [9.17, 15) is 4.79 Å². The minimum atomic E-state index is -0.400. The van der Waals surface area contributed by atoms with Gasteiger partial charge in [0.2, 0.25) is 0 Å². The van der Waals surface area contributed by atoms with Crippen LogP contribution in [-0.4, -0.2) is 43.2 Å². The molecule has 0 saturated heterocycles. The number of pyridine rings is 2. The predicted molar refractivity (Wildman–Crippen MR) is 108 cm³/mol. The quantitative estimate of drug-likeness (QED) is 0.529. The van der Waals surface area contributed by atoms with Gasteiger partial charge in [0.1, 0.15) is 17.0 Å². The maximum atomic E-state index is 12.9. The number of tetrazole rings is 1. The van der Waals surface area contributed by atoms with Crippen LogP contribution in [-0.2, 0) is 7.05 Å². The number of halogens is 2. The number of hydrogen-bond donors (Lipinski definition) is 1. The van der Waals surface area contributed by atoms with Crippen molar-refractivity contribution in [2.45, 2.75) is 0 Å². The van der Waals surface area contributed by atoms with E-state index in [4.69, 9.17) is 27.9 Å². The van der Waals surface area contributed by atoms with E-state index < -0.39 is 5.91 Å². The van der Waals surface area contributed by atoms with Crippen LogP contribution in [0.5, 0.6) is 5.75 Å². The minimum absolute atomic E-state index is 0.235. The van der Waals surface area contributed by atoms with Crippen molar-refractivity contribution in [3.05, 3.63) is 52.3 Å². The van der Waals surface area contributed by atoms with Gasteiger partial charge in [-0.2, -0.15) is 0 Å². The first-order valence-corrected chi connectivity index (χ1v) is 9.06. The second-order valence-corrected chi connectivity index (χ2v) is 6.78. The molecule has 4 aromatic rings. The molecule has 0 aliphatic carbocycles. The van der Waals surface area contributed by atoms with Crippen molar-refractivity contribution in [3.63, 3.8) is 0 Å². The number of aromatic nitrogens is 6. The van der Waals surface area contributed by atoms with Gasteiger partial charge in [-0.1, -0.05) is 23.2 Å². The van der Waals surface area contributed by atoms with E-state index in [1.165, 1.54) is 24.2 Å². The fourth-order valence-corrected chi connectivity index (χ4v) is 3.30. The maximum absolute atomic E-state index is 12.9. The second-order valence-electron chi connectivity index (χ2n) is 5.97. The number of carbonyl (C=O) groups is 1. The average Bonchev–Trinajstić information content (AvgIpc) is 3.15. The number of aryl methyl sites for hydroxylation is 1. The Balaban J connectivity index is 1.81. The molecule has 0 aliphatic heterocycles. The first-order chi connectivity index (χ1) is 14.0. The summed E-state index contributed by atoms with van der Waals surface area (Å²) in [7, 11) is 3.24. The normalized spacial score (nSPS) is 10.9. The molecule has 4 rings (SSSR count). The monoisotopic (exact) mass is 429 g/mol. The number of anilines is 1. The summed E-state index contributed by atoms with van der Waals surface area (Å²) < 4.78 is 6.92. The Morgan fingerprint density at radius 3 is 2.55 bits per heavy atom. The largest absolute Gasteiger partial charge is 0.494 e. The zero-order chi connectivity index (χ0) is 20.5. The summed E-state index contributed by atoms with van der Waals surface area (Å²) in [6.07, 6.45) is 2.80. The minimum Gasteiger partial charge on any atom is -0.494 e. The van der Waals surface area contributed by atoms with Crippen LogP contribution in [0.1, 0.15) is 10.4 Å². The highest BCUT2D eigenvalue weighted by Gasteiger charge is 2.18. The molecular formula is C18H13Cl2N7O2. The van der Waals surface area contributed by atoms with Crippen LogP contribution < -0.4 is 10.1 Å². The molecule has 0 saturated carbocycles. The van der Waals surface area contributed by atoms with Crippen molar-refractivity contribution in [2.24, 2.45) is 7.05 Å². The van der Waals surface area contributed by atoms with Gasteiger partial charge in [0.25, 0.3) is 5.91 Å². The smallest absolute Gasteiger partial charge is 0.256 e. The molecule has 3 heterocycles. The van der Waals surface area contributed by atoms with Crippen LogP contribution in [0.15, 0.2) is 36.7 Å². The van der Waals surface area contributed by atoms with Gasteiger partial charge in [-0.25, -0.2) is 9.67 Å². The molecule has 0 bridgehead atoms. The van der Waals surface area contributed by atoms with Gasteiger partial charge in [0.15, 0.2) is 5.82 Å². The van der Waals surface area contributed by atoms with Crippen molar-refractivity contribution >= 4 is 45.7 Å². The van der Waals surface area contributed by atoms with E-state index in [2.05, 4.69) is 30.8 Å². The maximum Gasteiger partial charge on any atom is 0.256 e. The second kappa shape index (κ2) is 7.61. The number of fused-ring (bicyclic) bond motifs is 1. The molecule has 0 unspecified atom stereocenters. The molecule has 146 valence electrons. The molecule has 3 aromatic heterocycles. The number of methoxy groups -OCH3 is 1. The fraction of sp³-hybridized carbons (Fsp3) is 0.111. The molecule has 0 spiro atoms.